The van der Waals surface area contributed by atoms with Crippen LogP contribution < -0.4 is 5.32 Å². The number of halogens is 1. The monoisotopic (exact) mass is 295 g/mol. The first kappa shape index (κ1) is 15.6. The summed E-state index contributed by atoms with van der Waals surface area (Å²) in [5.74, 6) is -0.336. The maximum atomic E-state index is 13.7. The van der Waals surface area contributed by atoms with Crippen LogP contribution in [0.5, 0.6) is 0 Å². The number of urea groups is 1. The fourth-order valence-corrected chi connectivity index (χ4v) is 2.58. The summed E-state index contributed by atoms with van der Waals surface area (Å²) in [5, 5.41) is 12.9. The standard InChI is InChI=1S/C15H22FN3O2/c1-18(2)14(21)19-9-7-15(11-20,8-10-19)17-13-6-4-3-5-12(13)16/h3-6,17,20H,7-11H2,1-2H3. The number of aliphatic hydroxyl groups is 1. The number of aliphatic hydroxyl groups excluding tert-OH is 1. The zero-order valence-corrected chi connectivity index (χ0v) is 12.5. The first-order valence-electron chi connectivity index (χ1n) is 7.07. The van der Waals surface area contributed by atoms with Crippen molar-refractivity contribution in [2.45, 2.75) is 18.4 Å². The number of hydrogen-bond donors (Lipinski definition) is 2. The van der Waals surface area contributed by atoms with Crippen molar-refractivity contribution in [3.63, 3.8) is 0 Å². The number of nitrogens with one attached hydrogen (secondary N) is 1. The molecule has 21 heavy (non-hydrogen) atoms. The molecule has 0 spiro atoms. The molecule has 5 nitrogen and oxygen atoms in total. The normalized spacial score (nSPS) is 17.4. The fourth-order valence-electron chi connectivity index (χ4n) is 2.58. The number of hydrogen-bond acceptors (Lipinski definition) is 3. The van der Waals surface area contributed by atoms with E-state index in [9.17, 15) is 14.3 Å². The van der Waals surface area contributed by atoms with Gasteiger partial charge >= 0.3 is 6.03 Å². The van der Waals surface area contributed by atoms with Gasteiger partial charge in [0.1, 0.15) is 5.82 Å². The summed E-state index contributed by atoms with van der Waals surface area (Å²) in [6.07, 6.45) is 1.16. The van der Waals surface area contributed by atoms with Gasteiger partial charge in [-0.25, -0.2) is 9.18 Å². The van der Waals surface area contributed by atoms with Crippen LogP contribution in [-0.4, -0.2) is 60.3 Å². The molecule has 6 heteroatoms. The van der Waals surface area contributed by atoms with Crippen LogP contribution in [0.4, 0.5) is 14.9 Å². The lowest BCUT2D eigenvalue weighted by Gasteiger charge is -2.42. The number of likely N-dealkylation sites (tertiary alicyclic amines) is 1. The van der Waals surface area contributed by atoms with Crippen LogP contribution in [0.2, 0.25) is 0 Å². The predicted octanol–water partition coefficient (Wildman–Crippen LogP) is 1.75. The lowest BCUT2D eigenvalue weighted by molar-refractivity contribution is 0.115. The molecule has 1 saturated heterocycles. The number of anilines is 1. The molecule has 1 aromatic rings. The summed E-state index contributed by atoms with van der Waals surface area (Å²) in [5.41, 5.74) is -0.190. The Bertz CT molecular complexity index is 499. The number of amides is 2. The first-order chi connectivity index (χ1) is 9.97. The van der Waals surface area contributed by atoms with E-state index in [1.807, 2.05) is 0 Å². The Labute approximate surface area is 124 Å². The Morgan fingerprint density at radius 3 is 2.52 bits per heavy atom. The molecule has 1 heterocycles. The van der Waals surface area contributed by atoms with Crippen molar-refractivity contribution in [3.8, 4) is 0 Å². The first-order valence-corrected chi connectivity index (χ1v) is 7.07. The Morgan fingerprint density at radius 2 is 2.00 bits per heavy atom. The second-order valence-electron chi connectivity index (χ2n) is 5.71. The topological polar surface area (TPSA) is 55.8 Å². The molecule has 0 aromatic heterocycles. The zero-order valence-electron chi connectivity index (χ0n) is 12.5. The van der Waals surface area contributed by atoms with Crippen molar-refractivity contribution >= 4 is 11.7 Å². The van der Waals surface area contributed by atoms with Gasteiger partial charge in [0.25, 0.3) is 0 Å². The summed E-state index contributed by atoms with van der Waals surface area (Å²) < 4.78 is 13.7. The predicted molar refractivity (Wildman–Crippen MR) is 79.7 cm³/mol. The van der Waals surface area contributed by atoms with Gasteiger partial charge < -0.3 is 20.2 Å². The van der Waals surface area contributed by atoms with E-state index in [0.29, 0.717) is 31.6 Å². The molecule has 0 aliphatic carbocycles. The van der Waals surface area contributed by atoms with E-state index >= 15 is 0 Å². The number of carbonyl (C=O) groups excluding carboxylic acids is 1. The Morgan fingerprint density at radius 1 is 1.38 bits per heavy atom. The minimum Gasteiger partial charge on any atom is -0.394 e. The minimum atomic E-state index is -0.578. The molecule has 0 bridgehead atoms. The smallest absolute Gasteiger partial charge is 0.319 e. The summed E-state index contributed by atoms with van der Waals surface area (Å²) in [4.78, 5) is 15.2. The van der Waals surface area contributed by atoms with Gasteiger partial charge in [-0.15, -0.1) is 0 Å². The molecule has 116 valence electrons. The van der Waals surface area contributed by atoms with Crippen molar-refractivity contribution in [1.82, 2.24) is 9.80 Å². The van der Waals surface area contributed by atoms with E-state index in [4.69, 9.17) is 0 Å². The second-order valence-corrected chi connectivity index (χ2v) is 5.71. The highest BCUT2D eigenvalue weighted by Crippen LogP contribution is 2.28. The average Bonchev–Trinajstić information content (AvgIpc) is 2.49. The quantitative estimate of drug-likeness (QED) is 0.893. The van der Waals surface area contributed by atoms with Gasteiger partial charge in [0.05, 0.1) is 17.8 Å². The summed E-state index contributed by atoms with van der Waals surface area (Å²) in [7, 11) is 3.43. The molecule has 2 N–H and O–H groups in total. The number of piperidine rings is 1. The number of para-hydroxylation sites is 1. The van der Waals surface area contributed by atoms with Gasteiger partial charge in [-0.3, -0.25) is 0 Å². The highest BCUT2D eigenvalue weighted by Gasteiger charge is 2.36. The molecule has 0 atom stereocenters. The highest BCUT2D eigenvalue weighted by atomic mass is 19.1. The van der Waals surface area contributed by atoms with Gasteiger partial charge in [0.2, 0.25) is 0 Å². The minimum absolute atomic E-state index is 0.0348. The van der Waals surface area contributed by atoms with Crippen LogP contribution in [0.3, 0.4) is 0 Å². The third-order valence-electron chi connectivity index (χ3n) is 3.95. The molecular formula is C15H22FN3O2. The average molecular weight is 295 g/mol. The largest absolute Gasteiger partial charge is 0.394 e. The summed E-state index contributed by atoms with van der Waals surface area (Å²) in [6.45, 7) is 0.989. The molecular weight excluding hydrogens is 273 g/mol. The van der Waals surface area contributed by atoms with Crippen molar-refractivity contribution in [2.24, 2.45) is 0 Å². The lowest BCUT2D eigenvalue weighted by atomic mass is 9.88. The van der Waals surface area contributed by atoms with Crippen LogP contribution in [0, 0.1) is 5.82 Å². The maximum Gasteiger partial charge on any atom is 0.319 e. The molecule has 1 aromatic carbocycles. The SMILES string of the molecule is CN(C)C(=O)N1CCC(CO)(Nc2ccccc2F)CC1. The van der Waals surface area contributed by atoms with E-state index in [1.165, 1.54) is 11.0 Å². The van der Waals surface area contributed by atoms with Gasteiger partial charge in [-0.2, -0.15) is 0 Å². The molecule has 1 aliphatic heterocycles. The zero-order chi connectivity index (χ0) is 15.5. The number of carbonyl (C=O) groups is 1. The molecule has 0 radical (unpaired) electrons. The lowest BCUT2D eigenvalue weighted by Crippen LogP contribution is -2.54. The van der Waals surface area contributed by atoms with Gasteiger partial charge in [0, 0.05) is 27.2 Å². The fraction of sp³-hybridized carbons (Fsp3) is 0.533. The van der Waals surface area contributed by atoms with Crippen molar-refractivity contribution in [1.29, 1.82) is 0 Å². The molecule has 0 unspecified atom stereocenters. The van der Waals surface area contributed by atoms with Gasteiger partial charge in [0.15, 0.2) is 0 Å². The van der Waals surface area contributed by atoms with Crippen LogP contribution in [0.25, 0.3) is 0 Å². The molecule has 1 fully saturated rings. The van der Waals surface area contributed by atoms with E-state index in [0.717, 1.165) is 0 Å². The van der Waals surface area contributed by atoms with Crippen LogP contribution in [0.1, 0.15) is 12.8 Å². The summed E-state index contributed by atoms with van der Waals surface area (Å²) in [6, 6.07) is 6.39. The van der Waals surface area contributed by atoms with Crippen LogP contribution in [-0.2, 0) is 0 Å². The number of rotatable bonds is 3. The van der Waals surface area contributed by atoms with Gasteiger partial charge in [-0.1, -0.05) is 12.1 Å². The van der Waals surface area contributed by atoms with Crippen molar-refractivity contribution in [3.05, 3.63) is 30.1 Å². The van der Waals surface area contributed by atoms with Gasteiger partial charge in [-0.05, 0) is 25.0 Å². The van der Waals surface area contributed by atoms with Crippen molar-refractivity contribution < 1.29 is 14.3 Å². The Hall–Kier alpha value is -1.82. The summed E-state index contributed by atoms with van der Waals surface area (Å²) >= 11 is 0. The van der Waals surface area contributed by atoms with E-state index in [1.54, 1.807) is 37.2 Å². The van der Waals surface area contributed by atoms with Crippen LogP contribution in [0.15, 0.2) is 24.3 Å². The second kappa shape index (κ2) is 6.30. The van der Waals surface area contributed by atoms with E-state index < -0.39 is 5.54 Å². The highest BCUT2D eigenvalue weighted by molar-refractivity contribution is 5.74. The number of nitrogens with zero attached hydrogens (tertiary/aromatic N) is 2. The molecule has 2 amide bonds. The molecule has 2 rings (SSSR count). The van der Waals surface area contributed by atoms with Crippen molar-refractivity contribution in [2.75, 3.05) is 39.1 Å². The van der Waals surface area contributed by atoms with Crippen LogP contribution >= 0.6 is 0 Å². The maximum absolute atomic E-state index is 13.7. The Kier molecular flexibility index (Phi) is 4.67. The molecule has 1 aliphatic rings. The third kappa shape index (κ3) is 3.44. The third-order valence-corrected chi connectivity index (χ3v) is 3.95. The van der Waals surface area contributed by atoms with E-state index in [2.05, 4.69) is 5.32 Å². The number of benzene rings is 1. The Balaban J connectivity index is 2.05. The molecule has 0 saturated carbocycles. The van der Waals surface area contributed by atoms with E-state index in [-0.39, 0.29) is 18.5 Å².